The Balaban J connectivity index is 0.989. The number of carbonyl (C=O) groups excluding carboxylic acids is 1. The van der Waals surface area contributed by atoms with Crippen LogP contribution in [0.1, 0.15) is 43.1 Å². The first-order valence-electron chi connectivity index (χ1n) is 12.2. The summed E-state index contributed by atoms with van der Waals surface area (Å²) in [7, 11) is 3.16. The number of urea groups is 1. The van der Waals surface area contributed by atoms with Crippen LogP contribution in [0.5, 0.6) is 5.75 Å². The number of hydrogen-bond acceptors (Lipinski definition) is 6. The van der Waals surface area contributed by atoms with Gasteiger partial charge < -0.3 is 24.5 Å². The molecular weight excluding hydrogens is 477 g/mol. The third-order valence-electron chi connectivity index (χ3n) is 8.25. The summed E-state index contributed by atoms with van der Waals surface area (Å²) in [5.74, 6) is 0.673. The number of alkyl halides is 3. The van der Waals surface area contributed by atoms with E-state index in [0.29, 0.717) is 37.4 Å². The summed E-state index contributed by atoms with van der Waals surface area (Å²) >= 11 is 0. The van der Waals surface area contributed by atoms with Gasteiger partial charge in [-0.2, -0.15) is 18.3 Å². The number of anilines is 1. The molecule has 2 amide bonds. The maximum atomic E-state index is 13.0. The molecule has 3 heterocycles. The van der Waals surface area contributed by atoms with Crippen LogP contribution in [0.25, 0.3) is 0 Å². The van der Waals surface area contributed by atoms with Crippen molar-refractivity contribution in [3.05, 3.63) is 35.9 Å². The van der Waals surface area contributed by atoms with Crippen molar-refractivity contribution in [3.63, 3.8) is 0 Å². The molecule has 1 N–H and O–H groups in total. The molecule has 0 radical (unpaired) electrons. The van der Waals surface area contributed by atoms with Gasteiger partial charge in [0.2, 0.25) is 0 Å². The molecule has 2 aliphatic carbocycles. The second-order valence-electron chi connectivity index (χ2n) is 10.8. The van der Waals surface area contributed by atoms with Crippen LogP contribution in [0.15, 0.2) is 24.5 Å². The van der Waals surface area contributed by atoms with Crippen LogP contribution in [0.4, 0.5) is 23.7 Å². The van der Waals surface area contributed by atoms with Crippen LogP contribution in [0, 0.1) is 5.41 Å². The summed E-state index contributed by atoms with van der Waals surface area (Å²) in [5, 5.41) is 14.6. The molecule has 2 saturated carbocycles. The van der Waals surface area contributed by atoms with E-state index in [1.807, 2.05) is 21.5 Å². The zero-order chi connectivity index (χ0) is 25.5. The molecule has 36 heavy (non-hydrogen) atoms. The van der Waals surface area contributed by atoms with Crippen LogP contribution in [-0.4, -0.2) is 82.1 Å². The molecular formula is C24H29F3N6O3. The van der Waals surface area contributed by atoms with Gasteiger partial charge in [0.1, 0.15) is 17.7 Å². The van der Waals surface area contributed by atoms with Gasteiger partial charge in [-0.15, -0.1) is 0 Å². The highest BCUT2D eigenvalue weighted by Crippen LogP contribution is 2.54. The zero-order valence-corrected chi connectivity index (χ0v) is 20.2. The van der Waals surface area contributed by atoms with E-state index in [4.69, 9.17) is 4.74 Å². The molecule has 1 spiro atoms. The first-order valence-corrected chi connectivity index (χ1v) is 12.2. The number of nitrogens with zero attached hydrogens (tertiary/aromatic N) is 6. The van der Waals surface area contributed by atoms with Gasteiger partial charge in [0.15, 0.2) is 5.82 Å². The Morgan fingerprint density at radius 2 is 1.89 bits per heavy atom. The minimum Gasteiger partial charge on any atom is -0.495 e. The molecule has 2 aromatic rings. The number of amides is 2. The van der Waals surface area contributed by atoms with Gasteiger partial charge in [-0.25, -0.2) is 14.5 Å². The summed E-state index contributed by atoms with van der Waals surface area (Å²) in [6.07, 6.45) is 0.582. The van der Waals surface area contributed by atoms with Crippen LogP contribution in [-0.2, 0) is 11.8 Å². The standard InChI is InChI=1S/C24H29F3N6O3/c1-30(18-4-3-15(24(25,26)27)7-19(18)36-2)17-10-31(11-17)21(34)32-12-22(13-32)8-16(9-22)33-14-28-20(29-33)23(35)5-6-23/h3-4,7,14,16-17,35H,5-6,8-13H2,1-2H3. The predicted molar refractivity (Wildman–Crippen MR) is 123 cm³/mol. The van der Waals surface area contributed by atoms with Gasteiger partial charge in [0, 0.05) is 38.6 Å². The Labute approximate surface area is 206 Å². The van der Waals surface area contributed by atoms with E-state index in [-0.39, 0.29) is 29.3 Å². The summed E-state index contributed by atoms with van der Waals surface area (Å²) in [4.78, 5) is 22.7. The summed E-state index contributed by atoms with van der Waals surface area (Å²) in [6, 6.07) is 3.74. The van der Waals surface area contributed by atoms with E-state index < -0.39 is 17.3 Å². The highest BCUT2D eigenvalue weighted by Gasteiger charge is 2.56. The minimum atomic E-state index is -4.43. The van der Waals surface area contributed by atoms with Crippen molar-refractivity contribution >= 4 is 11.7 Å². The number of likely N-dealkylation sites (N-methyl/N-ethyl adjacent to an activating group) is 1. The quantitative estimate of drug-likeness (QED) is 0.671. The number of ether oxygens (including phenoxy) is 1. The van der Waals surface area contributed by atoms with Crippen molar-refractivity contribution in [3.8, 4) is 5.75 Å². The van der Waals surface area contributed by atoms with Crippen LogP contribution >= 0.6 is 0 Å². The number of halogens is 3. The van der Waals surface area contributed by atoms with E-state index in [1.54, 1.807) is 11.2 Å². The van der Waals surface area contributed by atoms with E-state index in [1.165, 1.54) is 13.2 Å². The molecule has 12 heteroatoms. The Hall–Kier alpha value is -3.02. The fourth-order valence-corrected chi connectivity index (χ4v) is 5.69. The average molecular weight is 507 g/mol. The second-order valence-corrected chi connectivity index (χ2v) is 10.8. The van der Waals surface area contributed by atoms with Crippen LogP contribution in [0.2, 0.25) is 0 Å². The molecule has 4 fully saturated rings. The number of hydrogen-bond donors (Lipinski definition) is 1. The fourth-order valence-electron chi connectivity index (χ4n) is 5.69. The van der Waals surface area contributed by atoms with E-state index in [2.05, 4.69) is 10.1 Å². The fraction of sp³-hybridized carbons (Fsp3) is 0.625. The van der Waals surface area contributed by atoms with Gasteiger partial charge in [0.05, 0.1) is 30.4 Å². The van der Waals surface area contributed by atoms with Crippen molar-refractivity contribution < 1.29 is 27.8 Å². The molecule has 0 unspecified atom stereocenters. The number of aliphatic hydroxyl groups is 1. The lowest BCUT2D eigenvalue weighted by molar-refractivity contribution is -0.137. The third-order valence-corrected chi connectivity index (χ3v) is 8.25. The normalized spacial score (nSPS) is 22.6. The molecule has 6 rings (SSSR count). The number of rotatable bonds is 5. The highest BCUT2D eigenvalue weighted by molar-refractivity contribution is 5.77. The molecule has 9 nitrogen and oxygen atoms in total. The molecule has 2 saturated heterocycles. The van der Waals surface area contributed by atoms with Gasteiger partial charge in [0.25, 0.3) is 0 Å². The Bertz CT molecular complexity index is 1180. The molecule has 194 valence electrons. The van der Waals surface area contributed by atoms with E-state index in [9.17, 15) is 23.1 Å². The summed E-state index contributed by atoms with van der Waals surface area (Å²) in [6.45, 7) is 2.46. The van der Waals surface area contributed by atoms with Gasteiger partial charge in [-0.05, 0) is 43.9 Å². The van der Waals surface area contributed by atoms with Crippen molar-refractivity contribution in [2.75, 3.05) is 45.2 Å². The lowest BCUT2D eigenvalue weighted by Crippen LogP contribution is -2.69. The summed E-state index contributed by atoms with van der Waals surface area (Å²) < 4.78 is 46.2. The maximum Gasteiger partial charge on any atom is 0.416 e. The molecule has 0 atom stereocenters. The Morgan fingerprint density at radius 3 is 2.50 bits per heavy atom. The molecule has 0 bridgehead atoms. The smallest absolute Gasteiger partial charge is 0.416 e. The number of carbonyl (C=O) groups is 1. The van der Waals surface area contributed by atoms with E-state index >= 15 is 0 Å². The topological polar surface area (TPSA) is 87.0 Å². The lowest BCUT2D eigenvalue weighted by atomic mass is 9.61. The number of likely N-dealkylation sites (tertiary alicyclic amines) is 2. The zero-order valence-electron chi connectivity index (χ0n) is 20.2. The summed E-state index contributed by atoms with van der Waals surface area (Å²) in [5.41, 5.74) is -0.877. The van der Waals surface area contributed by atoms with Gasteiger partial charge in [-0.3, -0.25) is 0 Å². The van der Waals surface area contributed by atoms with E-state index in [0.717, 1.165) is 38.1 Å². The first-order chi connectivity index (χ1) is 17.0. The van der Waals surface area contributed by atoms with Crippen molar-refractivity contribution in [2.24, 2.45) is 5.41 Å². The average Bonchev–Trinajstić information content (AvgIpc) is 3.30. The third kappa shape index (κ3) is 3.77. The molecule has 4 aliphatic rings. The van der Waals surface area contributed by atoms with Crippen LogP contribution in [0.3, 0.4) is 0 Å². The SMILES string of the molecule is COc1cc(C(F)(F)F)ccc1N(C)C1CN(C(=O)N2CC3(CC(n4cnc(C5(O)CC5)n4)C3)C2)C1. The second kappa shape index (κ2) is 7.74. The number of benzene rings is 1. The predicted octanol–water partition coefficient (Wildman–Crippen LogP) is 2.86. The minimum absolute atomic E-state index is 0.00528. The lowest BCUT2D eigenvalue weighted by Gasteiger charge is -2.60. The van der Waals surface area contributed by atoms with Crippen molar-refractivity contribution in [1.29, 1.82) is 0 Å². The van der Waals surface area contributed by atoms with Crippen LogP contribution < -0.4 is 9.64 Å². The Morgan fingerprint density at radius 1 is 1.19 bits per heavy atom. The molecule has 1 aromatic heterocycles. The number of aromatic nitrogens is 3. The largest absolute Gasteiger partial charge is 0.495 e. The van der Waals surface area contributed by atoms with Gasteiger partial charge in [-0.1, -0.05) is 0 Å². The molecule has 2 aliphatic heterocycles. The first kappa shape index (κ1) is 23.4. The maximum absolute atomic E-state index is 13.0. The van der Waals surface area contributed by atoms with Crippen molar-refractivity contribution in [2.45, 2.75) is 49.5 Å². The highest BCUT2D eigenvalue weighted by atomic mass is 19.4. The van der Waals surface area contributed by atoms with Gasteiger partial charge >= 0.3 is 12.2 Å². The monoisotopic (exact) mass is 506 g/mol. The number of methoxy groups -OCH3 is 1. The van der Waals surface area contributed by atoms with Crippen molar-refractivity contribution in [1.82, 2.24) is 24.6 Å². The molecule has 1 aromatic carbocycles. The Kier molecular flexibility index (Phi) is 5.03.